The van der Waals surface area contributed by atoms with E-state index in [1.165, 1.54) is 22.5 Å². The van der Waals surface area contributed by atoms with Crippen LogP contribution in [-0.2, 0) is 0 Å². The van der Waals surface area contributed by atoms with Crippen LogP contribution in [0, 0.1) is 13.8 Å². The van der Waals surface area contributed by atoms with Gasteiger partial charge < -0.3 is 4.90 Å². The lowest BCUT2D eigenvalue weighted by Gasteiger charge is -2.26. The van der Waals surface area contributed by atoms with Gasteiger partial charge in [0.1, 0.15) is 0 Å². The van der Waals surface area contributed by atoms with Crippen molar-refractivity contribution in [1.82, 2.24) is 0 Å². The molecule has 23 heavy (non-hydrogen) atoms. The second-order valence-electron chi connectivity index (χ2n) is 5.81. The summed E-state index contributed by atoms with van der Waals surface area (Å²) in [6, 6.07) is 25.7. The molecular formula is C22H21N. The molecule has 0 heterocycles. The van der Waals surface area contributed by atoms with E-state index in [1.807, 2.05) is 6.08 Å². The Hall–Kier alpha value is -2.80. The summed E-state index contributed by atoms with van der Waals surface area (Å²) in [4.78, 5) is 2.28. The fourth-order valence-electron chi connectivity index (χ4n) is 2.74. The van der Waals surface area contributed by atoms with Gasteiger partial charge in [0.15, 0.2) is 0 Å². The molecule has 0 spiro atoms. The Balaban J connectivity index is 2.14. The zero-order valence-electron chi connectivity index (χ0n) is 13.7. The van der Waals surface area contributed by atoms with E-state index in [1.54, 1.807) is 0 Å². The van der Waals surface area contributed by atoms with Crippen molar-refractivity contribution in [3.63, 3.8) is 0 Å². The fourth-order valence-corrected chi connectivity index (χ4v) is 2.74. The Kier molecular flexibility index (Phi) is 4.29. The Morgan fingerprint density at radius 2 is 1.22 bits per heavy atom. The Bertz CT molecular complexity index is 770. The first-order valence-electron chi connectivity index (χ1n) is 7.83. The molecule has 0 bridgehead atoms. The number of aryl methyl sites for hydroxylation is 2. The molecule has 1 nitrogen and oxygen atoms in total. The first-order chi connectivity index (χ1) is 11.2. The van der Waals surface area contributed by atoms with Gasteiger partial charge in [-0.1, -0.05) is 49.1 Å². The van der Waals surface area contributed by atoms with Crippen molar-refractivity contribution in [2.75, 3.05) is 4.90 Å². The third-order valence-electron chi connectivity index (χ3n) is 3.91. The van der Waals surface area contributed by atoms with Crippen molar-refractivity contribution >= 4 is 23.1 Å². The summed E-state index contributed by atoms with van der Waals surface area (Å²) in [5, 5.41) is 0. The van der Waals surface area contributed by atoms with Crippen molar-refractivity contribution in [3.8, 4) is 0 Å². The summed E-state index contributed by atoms with van der Waals surface area (Å²) in [6.45, 7) is 8.08. The second-order valence-corrected chi connectivity index (χ2v) is 5.81. The number of hydrogen-bond acceptors (Lipinski definition) is 1. The van der Waals surface area contributed by atoms with Crippen LogP contribution in [0.3, 0.4) is 0 Å². The summed E-state index contributed by atoms with van der Waals surface area (Å²) in [5.74, 6) is 0. The lowest BCUT2D eigenvalue weighted by Crippen LogP contribution is -2.10. The monoisotopic (exact) mass is 299 g/mol. The Labute approximate surface area is 138 Å². The topological polar surface area (TPSA) is 3.24 Å². The van der Waals surface area contributed by atoms with Gasteiger partial charge in [0.2, 0.25) is 0 Å². The lowest BCUT2D eigenvalue weighted by atomic mass is 10.1. The molecule has 0 unspecified atom stereocenters. The van der Waals surface area contributed by atoms with E-state index in [-0.39, 0.29) is 0 Å². The molecule has 0 saturated heterocycles. The second kappa shape index (κ2) is 6.53. The van der Waals surface area contributed by atoms with Gasteiger partial charge in [-0.3, -0.25) is 0 Å². The third kappa shape index (κ3) is 3.35. The average molecular weight is 299 g/mol. The smallest absolute Gasteiger partial charge is 0.0464 e. The van der Waals surface area contributed by atoms with Crippen LogP contribution in [0.15, 0.2) is 79.4 Å². The highest BCUT2D eigenvalue weighted by Crippen LogP contribution is 2.35. The van der Waals surface area contributed by atoms with Crippen LogP contribution in [0.4, 0.5) is 17.1 Å². The number of rotatable bonds is 4. The minimum absolute atomic E-state index is 1.13. The van der Waals surface area contributed by atoms with Crippen LogP contribution in [0.2, 0.25) is 0 Å². The summed E-state index contributed by atoms with van der Waals surface area (Å²) < 4.78 is 0. The molecule has 114 valence electrons. The van der Waals surface area contributed by atoms with E-state index in [9.17, 15) is 0 Å². The Morgan fingerprint density at radius 3 is 1.65 bits per heavy atom. The zero-order chi connectivity index (χ0) is 16.2. The molecule has 0 aromatic heterocycles. The van der Waals surface area contributed by atoms with Gasteiger partial charge in [-0.15, -0.1) is 0 Å². The summed E-state index contributed by atoms with van der Waals surface area (Å²) in [5.41, 5.74) is 7.11. The standard InChI is InChI=1S/C22H21N/c1-4-19-11-13-20(14-12-19)23(21-9-5-7-17(2)15-21)22-10-6-8-18(3)16-22/h4-16H,1H2,2-3H3. The highest BCUT2D eigenvalue weighted by atomic mass is 15.1. The summed E-state index contributed by atoms with van der Waals surface area (Å²) in [7, 11) is 0. The largest absolute Gasteiger partial charge is 0.310 e. The molecule has 3 aromatic rings. The molecule has 1 heteroatoms. The average Bonchev–Trinajstić information content (AvgIpc) is 2.56. The number of nitrogens with zero attached hydrogens (tertiary/aromatic N) is 1. The number of anilines is 3. The van der Waals surface area contributed by atoms with E-state index in [0.717, 1.165) is 11.3 Å². The molecule has 0 N–H and O–H groups in total. The number of benzene rings is 3. The summed E-state index contributed by atoms with van der Waals surface area (Å²) in [6.07, 6.45) is 1.87. The molecule has 0 aliphatic rings. The zero-order valence-corrected chi connectivity index (χ0v) is 13.7. The number of hydrogen-bond donors (Lipinski definition) is 0. The Morgan fingerprint density at radius 1 is 0.696 bits per heavy atom. The lowest BCUT2D eigenvalue weighted by molar-refractivity contribution is 1.26. The molecule has 0 atom stereocenters. The SMILES string of the molecule is C=Cc1ccc(N(c2cccc(C)c2)c2cccc(C)c2)cc1. The van der Waals surface area contributed by atoms with E-state index in [4.69, 9.17) is 0 Å². The van der Waals surface area contributed by atoms with Crippen LogP contribution < -0.4 is 4.90 Å². The maximum Gasteiger partial charge on any atom is 0.0464 e. The van der Waals surface area contributed by atoms with Crippen molar-refractivity contribution in [3.05, 3.63) is 96.1 Å². The van der Waals surface area contributed by atoms with Crippen molar-refractivity contribution < 1.29 is 0 Å². The van der Waals surface area contributed by atoms with Gasteiger partial charge in [0.05, 0.1) is 0 Å². The molecule has 0 radical (unpaired) electrons. The first kappa shape index (κ1) is 15.1. The molecule has 3 aromatic carbocycles. The molecule has 0 aliphatic heterocycles. The molecule has 0 saturated carbocycles. The van der Waals surface area contributed by atoms with Crippen molar-refractivity contribution in [2.45, 2.75) is 13.8 Å². The van der Waals surface area contributed by atoms with Gasteiger partial charge in [-0.05, 0) is 66.9 Å². The normalized spacial score (nSPS) is 10.3. The van der Waals surface area contributed by atoms with E-state index >= 15 is 0 Å². The maximum atomic E-state index is 3.83. The van der Waals surface area contributed by atoms with E-state index < -0.39 is 0 Å². The van der Waals surface area contributed by atoms with Gasteiger partial charge >= 0.3 is 0 Å². The van der Waals surface area contributed by atoms with Crippen molar-refractivity contribution in [2.24, 2.45) is 0 Å². The van der Waals surface area contributed by atoms with E-state index in [0.29, 0.717) is 0 Å². The van der Waals surface area contributed by atoms with Gasteiger partial charge in [0.25, 0.3) is 0 Å². The fraction of sp³-hybridized carbons (Fsp3) is 0.0909. The summed E-state index contributed by atoms with van der Waals surface area (Å²) >= 11 is 0. The molecule has 0 amide bonds. The molecular weight excluding hydrogens is 278 g/mol. The predicted molar refractivity (Wildman–Crippen MR) is 101 cm³/mol. The van der Waals surface area contributed by atoms with Gasteiger partial charge in [-0.25, -0.2) is 0 Å². The highest BCUT2D eigenvalue weighted by Gasteiger charge is 2.12. The minimum atomic E-state index is 1.13. The highest BCUT2D eigenvalue weighted by molar-refractivity contribution is 5.77. The predicted octanol–water partition coefficient (Wildman–Crippen LogP) is 6.42. The molecule has 0 aliphatic carbocycles. The third-order valence-corrected chi connectivity index (χ3v) is 3.91. The van der Waals surface area contributed by atoms with Crippen molar-refractivity contribution in [1.29, 1.82) is 0 Å². The van der Waals surface area contributed by atoms with Crippen LogP contribution in [0.5, 0.6) is 0 Å². The van der Waals surface area contributed by atoms with Gasteiger partial charge in [0, 0.05) is 17.1 Å². The minimum Gasteiger partial charge on any atom is -0.310 e. The van der Waals surface area contributed by atoms with E-state index in [2.05, 4.69) is 98.1 Å². The van der Waals surface area contributed by atoms with Crippen LogP contribution >= 0.6 is 0 Å². The van der Waals surface area contributed by atoms with Crippen LogP contribution in [-0.4, -0.2) is 0 Å². The molecule has 0 fully saturated rings. The van der Waals surface area contributed by atoms with Gasteiger partial charge in [-0.2, -0.15) is 0 Å². The van der Waals surface area contributed by atoms with Crippen LogP contribution in [0.25, 0.3) is 6.08 Å². The van der Waals surface area contributed by atoms with Crippen LogP contribution in [0.1, 0.15) is 16.7 Å². The first-order valence-corrected chi connectivity index (χ1v) is 7.83. The maximum absolute atomic E-state index is 3.83. The molecule has 3 rings (SSSR count). The quantitative estimate of drug-likeness (QED) is 0.537.